The van der Waals surface area contributed by atoms with E-state index >= 15 is 0 Å². The quantitative estimate of drug-likeness (QED) is 0.831. The van der Waals surface area contributed by atoms with Crippen LogP contribution in [0.15, 0.2) is 28.7 Å². The van der Waals surface area contributed by atoms with Gasteiger partial charge in [0.05, 0.1) is 6.42 Å². The van der Waals surface area contributed by atoms with Gasteiger partial charge in [0.15, 0.2) is 5.82 Å². The zero-order valence-electron chi connectivity index (χ0n) is 10.6. The molecule has 5 nitrogen and oxygen atoms in total. The fourth-order valence-electron chi connectivity index (χ4n) is 1.98. The smallest absolute Gasteiger partial charge is 0.243 e. The Labute approximate surface area is 129 Å². The van der Waals surface area contributed by atoms with E-state index in [0.717, 1.165) is 28.7 Å². The molecule has 0 atom stereocenters. The van der Waals surface area contributed by atoms with E-state index in [1.54, 1.807) is 4.68 Å². The summed E-state index contributed by atoms with van der Waals surface area (Å²) in [5.41, 5.74) is 3.76. The average Bonchev–Trinajstić information content (AvgIpc) is 3.19. The number of hydrogen-bond acceptors (Lipinski definition) is 3. The van der Waals surface area contributed by atoms with Gasteiger partial charge in [0.25, 0.3) is 0 Å². The van der Waals surface area contributed by atoms with Crippen LogP contribution in [0.1, 0.15) is 30.1 Å². The van der Waals surface area contributed by atoms with E-state index in [1.807, 2.05) is 24.3 Å². The van der Waals surface area contributed by atoms with Crippen LogP contribution in [0.25, 0.3) is 0 Å². The first-order valence-corrected chi connectivity index (χ1v) is 7.55. The summed E-state index contributed by atoms with van der Waals surface area (Å²) >= 11 is 8.52. The van der Waals surface area contributed by atoms with Crippen molar-refractivity contribution in [2.75, 3.05) is 5.43 Å². The lowest BCUT2D eigenvalue weighted by Gasteiger charge is -2.08. The Kier molecular flexibility index (Phi) is 3.71. The average molecular weight is 353 g/mol. The van der Waals surface area contributed by atoms with Crippen LogP contribution in [-0.2, 0) is 11.2 Å². The summed E-state index contributed by atoms with van der Waals surface area (Å²) in [6.07, 6.45) is 2.51. The van der Waals surface area contributed by atoms with Gasteiger partial charge in [-0.05, 0) is 42.8 Å². The van der Waals surface area contributed by atoms with Gasteiger partial charge in [-0.2, -0.15) is 5.10 Å². The third kappa shape index (κ3) is 2.99. The zero-order chi connectivity index (χ0) is 14.1. The molecular formula is C13H13BrN4OS. The van der Waals surface area contributed by atoms with E-state index in [9.17, 15) is 4.79 Å². The molecule has 1 amide bonds. The summed E-state index contributed by atoms with van der Waals surface area (Å²) < 4.78 is 3.01. The van der Waals surface area contributed by atoms with E-state index in [4.69, 9.17) is 12.2 Å². The molecule has 0 bridgehead atoms. The summed E-state index contributed by atoms with van der Waals surface area (Å²) in [4.78, 5) is 12.1. The molecule has 1 fully saturated rings. The van der Waals surface area contributed by atoms with Gasteiger partial charge in [-0.15, -0.1) is 0 Å². The van der Waals surface area contributed by atoms with Crippen molar-refractivity contribution in [3.63, 3.8) is 0 Å². The van der Waals surface area contributed by atoms with Gasteiger partial charge >= 0.3 is 0 Å². The molecule has 1 aromatic carbocycles. The van der Waals surface area contributed by atoms with Crippen molar-refractivity contribution in [2.24, 2.45) is 0 Å². The fourth-order valence-corrected chi connectivity index (χ4v) is 2.43. The molecule has 1 aliphatic rings. The van der Waals surface area contributed by atoms with E-state index in [1.165, 1.54) is 0 Å². The normalized spacial score (nSPS) is 14.2. The van der Waals surface area contributed by atoms with Crippen LogP contribution in [-0.4, -0.2) is 20.8 Å². The van der Waals surface area contributed by atoms with Crippen LogP contribution in [0.5, 0.6) is 0 Å². The highest BCUT2D eigenvalue weighted by atomic mass is 79.9. The second-order valence-corrected chi connectivity index (χ2v) is 6.14. The molecule has 2 aromatic rings. The summed E-state index contributed by atoms with van der Waals surface area (Å²) in [7, 11) is 0. The first kappa shape index (κ1) is 13.5. The Hall–Kier alpha value is -1.47. The highest BCUT2D eigenvalue weighted by molar-refractivity contribution is 9.10. The number of nitrogens with one attached hydrogen (secondary N) is 2. The molecule has 3 rings (SSSR count). The van der Waals surface area contributed by atoms with Crippen molar-refractivity contribution in [1.82, 2.24) is 14.9 Å². The van der Waals surface area contributed by atoms with E-state index in [2.05, 4.69) is 31.6 Å². The predicted molar refractivity (Wildman–Crippen MR) is 81.6 cm³/mol. The van der Waals surface area contributed by atoms with Gasteiger partial charge in [0.1, 0.15) is 0 Å². The number of carbonyl (C=O) groups excluding carboxylic acids is 1. The van der Waals surface area contributed by atoms with Gasteiger partial charge in [0.2, 0.25) is 10.7 Å². The lowest BCUT2D eigenvalue weighted by atomic mass is 10.1. The first-order chi connectivity index (χ1) is 9.63. The number of nitrogens with zero attached hydrogens (tertiary/aromatic N) is 2. The molecule has 0 saturated heterocycles. The molecule has 0 unspecified atom stereocenters. The number of aromatic amines is 1. The molecule has 104 valence electrons. The highest BCUT2D eigenvalue weighted by Crippen LogP contribution is 2.38. The number of benzene rings is 1. The van der Waals surface area contributed by atoms with Crippen LogP contribution in [0.4, 0.5) is 0 Å². The molecule has 0 aliphatic heterocycles. The van der Waals surface area contributed by atoms with Gasteiger partial charge in [-0.25, -0.2) is 4.68 Å². The van der Waals surface area contributed by atoms with Crippen molar-refractivity contribution in [1.29, 1.82) is 0 Å². The Morgan fingerprint density at radius 3 is 2.80 bits per heavy atom. The van der Waals surface area contributed by atoms with Gasteiger partial charge in [0, 0.05) is 10.4 Å². The Morgan fingerprint density at radius 2 is 2.15 bits per heavy atom. The summed E-state index contributed by atoms with van der Waals surface area (Å²) in [6.45, 7) is 0. The maximum atomic E-state index is 12.1. The van der Waals surface area contributed by atoms with E-state index < -0.39 is 0 Å². The molecule has 2 N–H and O–H groups in total. The minimum Gasteiger partial charge on any atom is -0.273 e. The lowest BCUT2D eigenvalue weighted by molar-refractivity contribution is -0.116. The van der Waals surface area contributed by atoms with E-state index in [-0.39, 0.29) is 5.91 Å². The van der Waals surface area contributed by atoms with Gasteiger partial charge < -0.3 is 0 Å². The van der Waals surface area contributed by atoms with Crippen molar-refractivity contribution < 1.29 is 4.79 Å². The molecule has 1 heterocycles. The standard InChI is InChI=1S/C13H13BrN4OS/c14-10-5-1-8(2-6-10)7-11(19)17-18-12(9-3-4-9)15-16-13(18)20/h1-2,5-6,9H,3-4,7H2,(H,16,20)(H,17,19). The topological polar surface area (TPSA) is 62.7 Å². The highest BCUT2D eigenvalue weighted by Gasteiger charge is 2.29. The third-order valence-electron chi connectivity index (χ3n) is 3.16. The second kappa shape index (κ2) is 5.49. The van der Waals surface area contributed by atoms with Crippen molar-refractivity contribution in [3.8, 4) is 0 Å². The SMILES string of the molecule is O=C(Cc1ccc(Br)cc1)Nn1c(C2CC2)n[nH]c1=S. The Bertz CT molecular complexity index is 687. The first-order valence-electron chi connectivity index (χ1n) is 6.35. The molecule has 7 heteroatoms. The minimum atomic E-state index is -0.105. The number of halogens is 1. The molecule has 1 aromatic heterocycles. The molecule has 0 spiro atoms. The second-order valence-electron chi connectivity index (χ2n) is 4.83. The van der Waals surface area contributed by atoms with Crippen LogP contribution in [0, 0.1) is 4.77 Å². The maximum Gasteiger partial charge on any atom is 0.243 e. The van der Waals surface area contributed by atoms with Crippen LogP contribution in [0.2, 0.25) is 0 Å². The molecular weight excluding hydrogens is 340 g/mol. The number of aromatic nitrogens is 3. The Balaban J connectivity index is 1.71. The third-order valence-corrected chi connectivity index (χ3v) is 3.96. The molecule has 0 radical (unpaired) electrons. The predicted octanol–water partition coefficient (Wildman–Crippen LogP) is 2.89. The van der Waals surface area contributed by atoms with Gasteiger partial charge in [-0.1, -0.05) is 28.1 Å². The van der Waals surface area contributed by atoms with Crippen LogP contribution >= 0.6 is 28.1 Å². The lowest BCUT2D eigenvalue weighted by Crippen LogP contribution is -2.26. The zero-order valence-corrected chi connectivity index (χ0v) is 13.0. The van der Waals surface area contributed by atoms with Crippen molar-refractivity contribution >= 4 is 34.1 Å². The monoisotopic (exact) mass is 352 g/mol. The molecule has 1 saturated carbocycles. The fraction of sp³-hybridized carbons (Fsp3) is 0.308. The van der Waals surface area contributed by atoms with Gasteiger partial charge in [-0.3, -0.25) is 15.3 Å². The Morgan fingerprint density at radius 1 is 1.45 bits per heavy atom. The number of amides is 1. The van der Waals surface area contributed by atoms with Crippen molar-refractivity contribution in [2.45, 2.75) is 25.2 Å². The van der Waals surface area contributed by atoms with Crippen molar-refractivity contribution in [3.05, 3.63) is 44.9 Å². The summed E-state index contributed by atoms with van der Waals surface area (Å²) in [6, 6.07) is 7.67. The summed E-state index contributed by atoms with van der Waals surface area (Å²) in [5, 5.41) is 6.90. The number of rotatable bonds is 4. The number of hydrogen-bond donors (Lipinski definition) is 2. The van der Waals surface area contributed by atoms with E-state index in [0.29, 0.717) is 17.1 Å². The van der Waals surface area contributed by atoms with Crippen LogP contribution < -0.4 is 5.43 Å². The maximum absolute atomic E-state index is 12.1. The number of carbonyl (C=O) groups is 1. The molecule has 1 aliphatic carbocycles. The number of H-pyrrole nitrogens is 1. The molecule has 20 heavy (non-hydrogen) atoms. The largest absolute Gasteiger partial charge is 0.273 e. The minimum absolute atomic E-state index is 0.105. The van der Waals surface area contributed by atoms with Crippen LogP contribution in [0.3, 0.4) is 0 Å². The summed E-state index contributed by atoms with van der Waals surface area (Å²) in [5.74, 6) is 1.13.